The minimum Gasteiger partial charge on any atom is -0.504 e. The first-order chi connectivity index (χ1) is 11.1. The molecule has 0 saturated heterocycles. The van der Waals surface area contributed by atoms with Gasteiger partial charge in [-0.2, -0.15) is 0 Å². The average Bonchev–Trinajstić information content (AvgIpc) is 2.58. The highest BCUT2D eigenvalue weighted by atomic mass is 16.5. The van der Waals surface area contributed by atoms with Gasteiger partial charge in [-0.15, -0.1) is 0 Å². The lowest BCUT2D eigenvalue weighted by Gasteiger charge is -2.12. The van der Waals surface area contributed by atoms with Crippen LogP contribution in [0.15, 0.2) is 35.3 Å². The third-order valence-corrected chi connectivity index (χ3v) is 3.21. The van der Waals surface area contributed by atoms with Gasteiger partial charge in [0, 0.05) is 17.8 Å². The number of nitrogens with zero attached hydrogens (tertiary/aromatic N) is 1. The van der Waals surface area contributed by atoms with E-state index in [0.29, 0.717) is 28.7 Å². The second-order valence-corrected chi connectivity index (χ2v) is 4.57. The smallest absolute Gasteiger partial charge is 0.203 e. The molecule has 0 unspecified atom stereocenters. The van der Waals surface area contributed by atoms with Crippen LogP contribution in [0.1, 0.15) is 5.56 Å². The number of ether oxygens (including phenoxy) is 4. The molecule has 122 valence electrons. The number of benzene rings is 2. The summed E-state index contributed by atoms with van der Waals surface area (Å²) < 4.78 is 20.9. The molecule has 0 aliphatic heterocycles. The fourth-order valence-electron chi connectivity index (χ4n) is 2.08. The van der Waals surface area contributed by atoms with E-state index in [4.69, 9.17) is 18.9 Å². The molecule has 1 N–H and O–H groups in total. The number of phenolic OH excluding ortho intramolecular Hbond substituents is 1. The third-order valence-electron chi connectivity index (χ3n) is 3.21. The van der Waals surface area contributed by atoms with Crippen LogP contribution in [0.4, 0.5) is 5.69 Å². The molecule has 0 saturated carbocycles. The van der Waals surface area contributed by atoms with E-state index in [-0.39, 0.29) is 5.75 Å². The maximum absolute atomic E-state index is 9.77. The third kappa shape index (κ3) is 3.66. The Kier molecular flexibility index (Phi) is 5.30. The SMILES string of the molecule is COc1ccc(N=Cc2cc(OC)c(OC)c(OC)c2)cc1O. The number of aliphatic imine (C=N–C) groups is 1. The van der Waals surface area contributed by atoms with Crippen molar-refractivity contribution in [1.82, 2.24) is 0 Å². The largest absolute Gasteiger partial charge is 0.504 e. The standard InChI is InChI=1S/C17H19NO5/c1-20-14-6-5-12(9-13(14)19)18-10-11-7-15(21-2)17(23-4)16(8-11)22-3/h5-10,19H,1-4H3. The van der Waals surface area contributed by atoms with Crippen molar-refractivity contribution in [3.8, 4) is 28.7 Å². The van der Waals surface area contributed by atoms with E-state index in [1.807, 2.05) is 0 Å². The molecular formula is C17H19NO5. The molecule has 23 heavy (non-hydrogen) atoms. The molecule has 0 atom stereocenters. The topological polar surface area (TPSA) is 69.5 Å². The Bertz CT molecular complexity index is 687. The van der Waals surface area contributed by atoms with E-state index in [1.165, 1.54) is 13.2 Å². The Morgan fingerprint density at radius 2 is 1.43 bits per heavy atom. The second-order valence-electron chi connectivity index (χ2n) is 4.57. The highest BCUT2D eigenvalue weighted by Gasteiger charge is 2.12. The lowest BCUT2D eigenvalue weighted by atomic mass is 10.2. The monoisotopic (exact) mass is 317 g/mol. The Labute approximate surface area is 134 Å². The Morgan fingerprint density at radius 1 is 0.826 bits per heavy atom. The molecule has 0 bridgehead atoms. The number of phenols is 1. The zero-order valence-corrected chi connectivity index (χ0v) is 13.5. The number of aromatic hydroxyl groups is 1. The number of methoxy groups -OCH3 is 4. The second kappa shape index (κ2) is 7.40. The van der Waals surface area contributed by atoms with Gasteiger partial charge in [-0.1, -0.05) is 0 Å². The molecule has 6 nitrogen and oxygen atoms in total. The van der Waals surface area contributed by atoms with Gasteiger partial charge in [0.1, 0.15) is 0 Å². The number of rotatable bonds is 6. The summed E-state index contributed by atoms with van der Waals surface area (Å²) in [6.07, 6.45) is 1.64. The lowest BCUT2D eigenvalue weighted by molar-refractivity contribution is 0.324. The van der Waals surface area contributed by atoms with Gasteiger partial charge in [-0.3, -0.25) is 4.99 Å². The molecular weight excluding hydrogens is 298 g/mol. The molecule has 0 spiro atoms. The molecule has 0 fully saturated rings. The average molecular weight is 317 g/mol. The van der Waals surface area contributed by atoms with Gasteiger partial charge in [-0.25, -0.2) is 0 Å². The van der Waals surface area contributed by atoms with Crippen LogP contribution in [0, 0.1) is 0 Å². The highest BCUT2D eigenvalue weighted by Crippen LogP contribution is 2.38. The summed E-state index contributed by atoms with van der Waals surface area (Å²) in [5.74, 6) is 2.05. The molecule has 0 aliphatic rings. The molecule has 0 heterocycles. The predicted molar refractivity (Wildman–Crippen MR) is 88.0 cm³/mol. The van der Waals surface area contributed by atoms with Crippen molar-refractivity contribution in [2.45, 2.75) is 0 Å². The van der Waals surface area contributed by atoms with Gasteiger partial charge in [0.25, 0.3) is 0 Å². The summed E-state index contributed by atoms with van der Waals surface area (Å²) in [4.78, 5) is 4.33. The van der Waals surface area contributed by atoms with Crippen LogP contribution in [-0.2, 0) is 0 Å². The maximum Gasteiger partial charge on any atom is 0.203 e. The zero-order valence-electron chi connectivity index (χ0n) is 13.5. The summed E-state index contributed by atoms with van der Waals surface area (Å²) in [5.41, 5.74) is 1.37. The quantitative estimate of drug-likeness (QED) is 0.829. The highest BCUT2D eigenvalue weighted by molar-refractivity contribution is 5.84. The van der Waals surface area contributed by atoms with Crippen molar-refractivity contribution in [2.75, 3.05) is 28.4 Å². The van der Waals surface area contributed by atoms with E-state index in [1.54, 1.807) is 51.8 Å². The van der Waals surface area contributed by atoms with E-state index < -0.39 is 0 Å². The lowest BCUT2D eigenvalue weighted by Crippen LogP contribution is -1.96. The minimum atomic E-state index is 0.0343. The van der Waals surface area contributed by atoms with Gasteiger partial charge < -0.3 is 24.1 Å². The summed E-state index contributed by atoms with van der Waals surface area (Å²) in [7, 11) is 6.15. The van der Waals surface area contributed by atoms with E-state index in [0.717, 1.165) is 5.56 Å². The van der Waals surface area contributed by atoms with Crippen molar-refractivity contribution >= 4 is 11.9 Å². The van der Waals surface area contributed by atoms with Crippen LogP contribution < -0.4 is 18.9 Å². The molecule has 0 aromatic heterocycles. The summed E-state index contributed by atoms with van der Waals surface area (Å²) in [6, 6.07) is 8.49. The van der Waals surface area contributed by atoms with Crippen LogP contribution in [0.2, 0.25) is 0 Å². The van der Waals surface area contributed by atoms with Gasteiger partial charge in [-0.05, 0) is 24.3 Å². The molecule has 2 rings (SSSR count). The van der Waals surface area contributed by atoms with E-state index in [2.05, 4.69) is 4.99 Å². The van der Waals surface area contributed by atoms with Crippen LogP contribution in [0.3, 0.4) is 0 Å². The van der Waals surface area contributed by atoms with Crippen molar-refractivity contribution in [2.24, 2.45) is 4.99 Å². The summed E-state index contributed by atoms with van der Waals surface area (Å²) in [6.45, 7) is 0. The van der Waals surface area contributed by atoms with Gasteiger partial charge in [0.2, 0.25) is 5.75 Å². The fourth-order valence-corrected chi connectivity index (χ4v) is 2.08. The van der Waals surface area contributed by atoms with Crippen molar-refractivity contribution < 1.29 is 24.1 Å². The molecule has 0 amide bonds. The van der Waals surface area contributed by atoms with Crippen LogP contribution in [0.25, 0.3) is 0 Å². The van der Waals surface area contributed by atoms with Gasteiger partial charge >= 0.3 is 0 Å². The van der Waals surface area contributed by atoms with Crippen LogP contribution in [0.5, 0.6) is 28.7 Å². The van der Waals surface area contributed by atoms with Crippen molar-refractivity contribution in [3.63, 3.8) is 0 Å². The normalized spacial score (nSPS) is 10.6. The first-order valence-electron chi connectivity index (χ1n) is 6.84. The zero-order chi connectivity index (χ0) is 16.8. The predicted octanol–water partition coefficient (Wildman–Crippen LogP) is 3.18. The molecule has 0 radical (unpaired) electrons. The molecule has 0 aliphatic carbocycles. The number of hydrogen-bond donors (Lipinski definition) is 1. The van der Waals surface area contributed by atoms with Gasteiger partial charge in [0.15, 0.2) is 23.0 Å². The van der Waals surface area contributed by atoms with Gasteiger partial charge in [0.05, 0.1) is 34.1 Å². The maximum atomic E-state index is 9.77. The summed E-state index contributed by atoms with van der Waals surface area (Å²) >= 11 is 0. The van der Waals surface area contributed by atoms with E-state index in [9.17, 15) is 5.11 Å². The van der Waals surface area contributed by atoms with E-state index >= 15 is 0 Å². The first kappa shape index (κ1) is 16.5. The molecule has 2 aromatic rings. The minimum absolute atomic E-state index is 0.0343. The number of hydrogen-bond acceptors (Lipinski definition) is 6. The van der Waals surface area contributed by atoms with Crippen LogP contribution in [-0.4, -0.2) is 39.8 Å². The Balaban J connectivity index is 2.34. The van der Waals surface area contributed by atoms with Crippen molar-refractivity contribution in [1.29, 1.82) is 0 Å². The first-order valence-corrected chi connectivity index (χ1v) is 6.84. The summed E-state index contributed by atoms with van der Waals surface area (Å²) in [5, 5.41) is 9.77. The molecule has 2 aromatic carbocycles. The fraction of sp³-hybridized carbons (Fsp3) is 0.235. The molecule has 6 heteroatoms. The Hall–Kier alpha value is -2.89. The van der Waals surface area contributed by atoms with Crippen molar-refractivity contribution in [3.05, 3.63) is 35.9 Å². The van der Waals surface area contributed by atoms with Crippen LogP contribution >= 0.6 is 0 Å². The Morgan fingerprint density at radius 3 is 1.91 bits per heavy atom.